The number of ether oxygens (including phenoxy) is 2. The SMILES string of the molecule is O=C(Cc1cc(OCc2ccccc2)cc(-c2ccccc2)c1)N1C(=O)OCC12CC2c1ccccc1. The molecular formula is C32H27NO4. The Morgan fingerprint density at radius 3 is 2.24 bits per heavy atom. The van der Waals surface area contributed by atoms with Gasteiger partial charge in [0.05, 0.1) is 12.0 Å². The number of benzene rings is 4. The molecule has 4 aromatic carbocycles. The van der Waals surface area contributed by atoms with Crippen LogP contribution in [-0.4, -0.2) is 29.0 Å². The lowest BCUT2D eigenvalue weighted by atomic mass is 10.00. The zero-order valence-corrected chi connectivity index (χ0v) is 20.4. The molecular weight excluding hydrogens is 462 g/mol. The molecule has 184 valence electrons. The Labute approximate surface area is 216 Å². The molecule has 1 saturated heterocycles. The van der Waals surface area contributed by atoms with Gasteiger partial charge >= 0.3 is 6.09 Å². The van der Waals surface area contributed by atoms with Gasteiger partial charge in [0.1, 0.15) is 19.0 Å². The lowest BCUT2D eigenvalue weighted by molar-refractivity contribution is -0.129. The van der Waals surface area contributed by atoms with E-state index >= 15 is 0 Å². The number of nitrogens with zero attached hydrogens (tertiary/aromatic N) is 1. The van der Waals surface area contributed by atoms with Gasteiger partial charge in [0.2, 0.25) is 5.91 Å². The zero-order chi connectivity index (χ0) is 25.2. The lowest BCUT2D eigenvalue weighted by Crippen LogP contribution is -2.42. The van der Waals surface area contributed by atoms with E-state index in [-0.39, 0.29) is 24.9 Å². The molecule has 0 bridgehead atoms. The van der Waals surface area contributed by atoms with E-state index in [1.165, 1.54) is 4.90 Å². The first-order valence-electron chi connectivity index (χ1n) is 12.5. The lowest BCUT2D eigenvalue weighted by Gasteiger charge is -2.21. The zero-order valence-electron chi connectivity index (χ0n) is 20.4. The second kappa shape index (κ2) is 9.58. The number of amides is 2. The molecule has 2 aliphatic rings. The van der Waals surface area contributed by atoms with E-state index in [2.05, 4.69) is 0 Å². The first-order chi connectivity index (χ1) is 18.1. The quantitative estimate of drug-likeness (QED) is 0.302. The molecule has 2 atom stereocenters. The van der Waals surface area contributed by atoms with Crippen molar-refractivity contribution in [3.63, 3.8) is 0 Å². The maximum absolute atomic E-state index is 13.6. The van der Waals surface area contributed by atoms with Crippen molar-refractivity contribution in [2.75, 3.05) is 6.61 Å². The molecule has 2 amide bonds. The summed E-state index contributed by atoms with van der Waals surface area (Å²) in [6.45, 7) is 0.666. The van der Waals surface area contributed by atoms with Crippen LogP contribution in [0.15, 0.2) is 109 Å². The minimum atomic E-state index is -0.584. The number of imide groups is 1. The molecule has 4 aromatic rings. The van der Waals surface area contributed by atoms with E-state index in [0.717, 1.165) is 34.2 Å². The molecule has 5 heteroatoms. The Hall–Kier alpha value is -4.38. The summed E-state index contributed by atoms with van der Waals surface area (Å²) in [6.07, 6.45) is 0.258. The van der Waals surface area contributed by atoms with Crippen molar-refractivity contribution in [2.45, 2.75) is 30.9 Å². The van der Waals surface area contributed by atoms with Gasteiger partial charge in [0, 0.05) is 5.92 Å². The third-order valence-corrected chi connectivity index (χ3v) is 7.25. The van der Waals surface area contributed by atoms with E-state index in [0.29, 0.717) is 12.4 Å². The van der Waals surface area contributed by atoms with Gasteiger partial charge in [-0.05, 0) is 46.4 Å². The molecule has 0 N–H and O–H groups in total. The molecule has 1 heterocycles. The molecule has 0 aromatic heterocycles. The van der Waals surface area contributed by atoms with Crippen LogP contribution in [0, 0.1) is 0 Å². The summed E-state index contributed by atoms with van der Waals surface area (Å²) in [5, 5.41) is 0. The fourth-order valence-corrected chi connectivity index (χ4v) is 5.30. The molecule has 1 spiro atoms. The van der Waals surface area contributed by atoms with Crippen molar-refractivity contribution >= 4 is 12.0 Å². The van der Waals surface area contributed by atoms with Crippen molar-refractivity contribution in [1.82, 2.24) is 4.90 Å². The molecule has 0 radical (unpaired) electrons. The predicted octanol–water partition coefficient (Wildman–Crippen LogP) is 6.38. The van der Waals surface area contributed by atoms with Gasteiger partial charge in [-0.25, -0.2) is 9.69 Å². The normalized spacial score (nSPS) is 20.1. The standard InChI is InChI=1S/C32H27NO4/c34-30(33-31(35)37-22-32(33)20-29(32)26-14-8-3-9-15-26)18-24-16-27(25-12-6-2-7-13-25)19-28(17-24)36-21-23-10-4-1-5-11-23/h1-17,19,29H,18,20-22H2. The highest BCUT2D eigenvalue weighted by atomic mass is 16.6. The number of rotatable bonds is 7. The molecule has 5 nitrogen and oxygen atoms in total. The predicted molar refractivity (Wildman–Crippen MR) is 141 cm³/mol. The monoisotopic (exact) mass is 489 g/mol. The van der Waals surface area contributed by atoms with Crippen molar-refractivity contribution in [3.05, 3.63) is 126 Å². The largest absolute Gasteiger partial charge is 0.489 e. The van der Waals surface area contributed by atoms with E-state index in [1.807, 2.05) is 109 Å². The first-order valence-corrected chi connectivity index (χ1v) is 12.5. The Morgan fingerprint density at radius 1 is 0.838 bits per heavy atom. The third kappa shape index (κ3) is 4.60. The van der Waals surface area contributed by atoms with Crippen LogP contribution in [0.4, 0.5) is 4.79 Å². The van der Waals surface area contributed by atoms with Crippen molar-refractivity contribution in [3.8, 4) is 16.9 Å². The summed E-state index contributed by atoms with van der Waals surface area (Å²) >= 11 is 0. The number of cyclic esters (lactones) is 1. The van der Waals surface area contributed by atoms with Crippen molar-refractivity contribution in [1.29, 1.82) is 0 Å². The Balaban J connectivity index is 1.26. The minimum Gasteiger partial charge on any atom is -0.489 e. The van der Waals surface area contributed by atoms with Crippen LogP contribution in [0.3, 0.4) is 0 Å². The highest BCUT2D eigenvalue weighted by molar-refractivity contribution is 5.96. The van der Waals surface area contributed by atoms with Gasteiger partial charge in [-0.1, -0.05) is 97.1 Å². The summed E-state index contributed by atoms with van der Waals surface area (Å²) in [7, 11) is 0. The number of carbonyl (C=O) groups is 2. The number of hydrogen-bond acceptors (Lipinski definition) is 4. The molecule has 37 heavy (non-hydrogen) atoms. The van der Waals surface area contributed by atoms with Crippen LogP contribution in [0.2, 0.25) is 0 Å². The fraction of sp³-hybridized carbons (Fsp3) is 0.188. The fourth-order valence-electron chi connectivity index (χ4n) is 5.30. The average molecular weight is 490 g/mol. The van der Waals surface area contributed by atoms with Gasteiger partial charge < -0.3 is 9.47 Å². The Morgan fingerprint density at radius 2 is 1.51 bits per heavy atom. The second-order valence-corrected chi connectivity index (χ2v) is 9.74. The van der Waals surface area contributed by atoms with Gasteiger partial charge in [-0.15, -0.1) is 0 Å². The van der Waals surface area contributed by atoms with Crippen LogP contribution in [0.1, 0.15) is 29.0 Å². The van der Waals surface area contributed by atoms with Crippen LogP contribution >= 0.6 is 0 Å². The highest BCUT2D eigenvalue weighted by Gasteiger charge is 2.66. The molecule has 2 unspecified atom stereocenters. The maximum Gasteiger partial charge on any atom is 0.417 e. The summed E-state index contributed by atoms with van der Waals surface area (Å²) in [5.74, 6) is 0.532. The highest BCUT2D eigenvalue weighted by Crippen LogP contribution is 2.58. The number of hydrogen-bond donors (Lipinski definition) is 0. The van der Waals surface area contributed by atoms with E-state index in [4.69, 9.17) is 9.47 Å². The van der Waals surface area contributed by atoms with E-state index < -0.39 is 11.6 Å². The van der Waals surface area contributed by atoms with Crippen molar-refractivity contribution in [2.24, 2.45) is 0 Å². The maximum atomic E-state index is 13.6. The molecule has 2 fully saturated rings. The summed E-state index contributed by atoms with van der Waals surface area (Å²) in [4.78, 5) is 27.7. The molecule has 1 aliphatic carbocycles. The van der Waals surface area contributed by atoms with Crippen LogP contribution in [0.25, 0.3) is 11.1 Å². The van der Waals surface area contributed by atoms with Gasteiger partial charge in [0.25, 0.3) is 0 Å². The summed E-state index contributed by atoms with van der Waals surface area (Å²) < 4.78 is 11.5. The average Bonchev–Trinajstić information content (AvgIpc) is 3.57. The smallest absolute Gasteiger partial charge is 0.417 e. The number of carbonyl (C=O) groups excluding carboxylic acids is 2. The van der Waals surface area contributed by atoms with Crippen LogP contribution in [-0.2, 0) is 22.6 Å². The van der Waals surface area contributed by atoms with Crippen LogP contribution < -0.4 is 4.74 Å². The Kier molecular flexibility index (Phi) is 5.97. The minimum absolute atomic E-state index is 0.0841. The Bertz CT molecular complexity index is 1420. The topological polar surface area (TPSA) is 55.8 Å². The summed E-state index contributed by atoms with van der Waals surface area (Å²) in [5.41, 5.74) is 4.39. The van der Waals surface area contributed by atoms with Gasteiger partial charge in [-0.2, -0.15) is 0 Å². The molecule has 6 rings (SSSR count). The second-order valence-electron chi connectivity index (χ2n) is 9.74. The van der Waals surface area contributed by atoms with Gasteiger partial charge in [-0.3, -0.25) is 4.79 Å². The summed E-state index contributed by atoms with van der Waals surface area (Å²) in [6, 6.07) is 35.9. The van der Waals surface area contributed by atoms with Crippen molar-refractivity contribution < 1.29 is 19.1 Å². The van der Waals surface area contributed by atoms with Gasteiger partial charge in [0.15, 0.2) is 0 Å². The first kappa shape index (κ1) is 23.0. The third-order valence-electron chi connectivity index (χ3n) is 7.25. The molecule has 1 aliphatic heterocycles. The molecule has 1 saturated carbocycles. The van der Waals surface area contributed by atoms with E-state index in [9.17, 15) is 9.59 Å². The van der Waals surface area contributed by atoms with Crippen LogP contribution in [0.5, 0.6) is 5.75 Å². The van der Waals surface area contributed by atoms with E-state index in [1.54, 1.807) is 0 Å².